The van der Waals surface area contributed by atoms with Gasteiger partial charge in [0.2, 0.25) is 0 Å². The van der Waals surface area contributed by atoms with Crippen molar-refractivity contribution >= 4 is 52.6 Å². The van der Waals surface area contributed by atoms with E-state index >= 15 is 0 Å². The molecule has 354 valence electrons. The monoisotopic (exact) mass is 932 g/mol. The zero-order valence-electron chi connectivity index (χ0n) is 38.6. The second-order valence-corrected chi connectivity index (χ2v) is 18.2. The molecule has 2 aliphatic rings. The molecule has 14 heteroatoms. The van der Waals surface area contributed by atoms with Crippen LogP contribution in [0.3, 0.4) is 0 Å². The van der Waals surface area contributed by atoms with Crippen molar-refractivity contribution in [1.82, 2.24) is 0 Å². The van der Waals surface area contributed by atoms with Crippen molar-refractivity contribution in [2.45, 2.75) is 75.6 Å². The van der Waals surface area contributed by atoms with Gasteiger partial charge in [-0.1, -0.05) is 54.6 Å². The lowest BCUT2D eigenvalue weighted by molar-refractivity contribution is -0.137. The number of hydrogen-bond acceptors (Lipinski definition) is 13. The lowest BCUT2D eigenvalue weighted by atomic mass is 9.77. The Morgan fingerprint density at radius 3 is 2.14 bits per heavy atom. The molecule has 1 atom stereocenters. The van der Waals surface area contributed by atoms with E-state index in [1.54, 1.807) is 7.11 Å². The highest BCUT2D eigenvalue weighted by atomic mass is 32.2. The van der Waals surface area contributed by atoms with Crippen molar-refractivity contribution < 1.29 is 47.8 Å². The van der Waals surface area contributed by atoms with Gasteiger partial charge in [-0.3, -0.25) is 4.79 Å². The fraction of sp³-hybridized carbons (Fsp3) is 0.471. The number of nitrogens with zero attached hydrogens (tertiary/aromatic N) is 2. The van der Waals surface area contributed by atoms with Crippen LogP contribution >= 0.6 is 24.1 Å². The second-order valence-electron chi connectivity index (χ2n) is 16.9. The van der Waals surface area contributed by atoms with E-state index in [2.05, 4.69) is 73.9 Å². The number of aromatic hydroxyl groups is 1. The summed E-state index contributed by atoms with van der Waals surface area (Å²) in [4.78, 5) is 16.9. The van der Waals surface area contributed by atoms with Crippen LogP contribution < -0.4 is 9.80 Å². The summed E-state index contributed by atoms with van der Waals surface area (Å²) in [7, 11) is 1.64. The van der Waals surface area contributed by atoms with Crippen LogP contribution in [0.15, 0.2) is 102 Å². The van der Waals surface area contributed by atoms with Gasteiger partial charge in [-0.2, -0.15) is 0 Å². The smallest absolute Gasteiger partial charge is 0.303 e. The Kier molecular flexibility index (Phi) is 21.0. The first-order valence-electron chi connectivity index (χ1n) is 22.4. The number of hydrogen-bond donors (Lipinski definition) is 4. The molecule has 0 bridgehead atoms. The molecule has 0 amide bonds. The Morgan fingerprint density at radius 1 is 0.815 bits per heavy atom. The number of phenols is 1. The SMILES string of the molecule is COCCOCCOCCOCCOCCN1c2cc(O)c(C(=C\Cc3ccccc3)/C=C/C=C3/N(CCCSO)c4ccc(SO)cc4C3(C)CCCC(=O)O)cc2C(C)=CC1(C)C. The van der Waals surface area contributed by atoms with Crippen molar-refractivity contribution in [3.8, 4) is 5.75 Å². The molecule has 0 saturated heterocycles. The third-order valence-corrected chi connectivity index (χ3v) is 12.8. The van der Waals surface area contributed by atoms with Crippen molar-refractivity contribution in [1.29, 1.82) is 0 Å². The van der Waals surface area contributed by atoms with Gasteiger partial charge in [-0.25, -0.2) is 0 Å². The van der Waals surface area contributed by atoms with Crippen molar-refractivity contribution in [2.24, 2.45) is 0 Å². The Labute approximate surface area is 394 Å². The van der Waals surface area contributed by atoms with E-state index in [9.17, 15) is 24.1 Å². The number of ether oxygens (including phenoxy) is 5. The Bertz CT molecular complexity index is 2110. The normalized spacial score (nSPS) is 17.6. The molecule has 5 rings (SSSR count). The summed E-state index contributed by atoms with van der Waals surface area (Å²) in [5.74, 6) is -0.112. The van der Waals surface area contributed by atoms with Gasteiger partial charge in [0.15, 0.2) is 0 Å². The van der Waals surface area contributed by atoms with Crippen LogP contribution in [0.2, 0.25) is 0 Å². The molecule has 2 heterocycles. The van der Waals surface area contributed by atoms with Crippen LogP contribution in [0.5, 0.6) is 5.75 Å². The third kappa shape index (κ3) is 14.7. The third-order valence-electron chi connectivity index (χ3n) is 11.8. The number of carbonyl (C=O) groups is 1. The molecule has 4 N–H and O–H groups in total. The first-order valence-corrected chi connectivity index (χ1v) is 24.1. The fourth-order valence-electron chi connectivity index (χ4n) is 8.64. The number of allylic oxidation sites excluding steroid dienone is 7. The van der Waals surface area contributed by atoms with E-state index in [4.69, 9.17) is 23.7 Å². The van der Waals surface area contributed by atoms with Gasteiger partial charge in [-0.15, -0.1) is 0 Å². The van der Waals surface area contributed by atoms with Crippen molar-refractivity contribution in [3.05, 3.63) is 119 Å². The average molecular weight is 933 g/mol. The zero-order chi connectivity index (χ0) is 46.7. The first kappa shape index (κ1) is 51.9. The number of benzene rings is 3. The van der Waals surface area contributed by atoms with Crippen LogP contribution in [0, 0.1) is 0 Å². The van der Waals surface area contributed by atoms with E-state index in [-0.39, 0.29) is 17.7 Å². The number of phenolic OH excluding ortho intramolecular Hbond substituents is 1. The Morgan fingerprint density at radius 2 is 1.49 bits per heavy atom. The molecule has 0 aliphatic carbocycles. The van der Waals surface area contributed by atoms with Crippen LogP contribution in [0.4, 0.5) is 11.4 Å². The van der Waals surface area contributed by atoms with Crippen LogP contribution in [0.25, 0.3) is 11.1 Å². The van der Waals surface area contributed by atoms with E-state index in [1.165, 1.54) is 0 Å². The van der Waals surface area contributed by atoms with Gasteiger partial charge in [0.1, 0.15) is 5.75 Å². The van der Waals surface area contributed by atoms with E-state index < -0.39 is 11.4 Å². The van der Waals surface area contributed by atoms with Gasteiger partial charge in [0.25, 0.3) is 0 Å². The highest BCUT2D eigenvalue weighted by Crippen LogP contribution is 2.52. The molecule has 0 radical (unpaired) electrons. The molecule has 1 unspecified atom stereocenters. The predicted molar refractivity (Wildman–Crippen MR) is 264 cm³/mol. The van der Waals surface area contributed by atoms with Gasteiger partial charge in [-0.05, 0) is 118 Å². The van der Waals surface area contributed by atoms with Crippen LogP contribution in [0.1, 0.15) is 75.6 Å². The number of methoxy groups -OCH3 is 1. The van der Waals surface area contributed by atoms with Crippen molar-refractivity contribution in [2.75, 3.05) is 95.2 Å². The Balaban J connectivity index is 1.39. The quantitative estimate of drug-likeness (QED) is 0.0297. The van der Waals surface area contributed by atoms with E-state index in [1.807, 2.05) is 54.6 Å². The minimum absolute atomic E-state index is 0.0440. The maximum absolute atomic E-state index is 12.0. The number of anilines is 2. The molecule has 3 aromatic rings. The van der Waals surface area contributed by atoms with E-state index in [0.717, 1.165) is 63.4 Å². The molecule has 0 saturated carbocycles. The molecule has 3 aromatic carbocycles. The lowest BCUT2D eigenvalue weighted by Gasteiger charge is -2.43. The first-order chi connectivity index (χ1) is 31.4. The van der Waals surface area contributed by atoms with Gasteiger partial charge >= 0.3 is 5.97 Å². The highest BCUT2D eigenvalue weighted by molar-refractivity contribution is 7.94. The molecule has 2 aliphatic heterocycles. The summed E-state index contributed by atoms with van der Waals surface area (Å²) >= 11 is 1.51. The van der Waals surface area contributed by atoms with Crippen molar-refractivity contribution in [3.63, 3.8) is 0 Å². The predicted octanol–water partition coefficient (Wildman–Crippen LogP) is 10.4. The largest absolute Gasteiger partial charge is 0.507 e. The standard InChI is InChI=1S/C51H68N2O10S2/c1-38-37-50(2,3)53(23-24-60-27-28-62-31-32-63-30-29-61-26-25-59-5)46-36-47(54)43(35-42(38)46)40(18-17-39-12-7-6-8-13-39)14-9-15-48-51(4,21-10-16-49(55)56)44-34-41(65-58)19-20-45(44)52(48)22-11-33-64-57/h6-9,12-15,18-20,34-37,54,57-58H,10-11,16-17,21-33H2,1-5H3,(H,55,56)/b14-9+,40-18-,48-15+. The minimum atomic E-state index is -0.840. The van der Waals surface area contributed by atoms with Crippen LogP contribution in [-0.4, -0.2) is 116 Å². The summed E-state index contributed by atoms with van der Waals surface area (Å²) in [6.45, 7) is 14.4. The number of carboxylic acid groups (broad SMARTS) is 1. The van der Waals surface area contributed by atoms with Gasteiger partial charge < -0.3 is 52.8 Å². The molecular weight excluding hydrogens is 865 g/mol. The van der Waals surface area contributed by atoms with E-state index in [0.29, 0.717) is 120 Å². The lowest BCUT2D eigenvalue weighted by Crippen LogP contribution is -2.46. The highest BCUT2D eigenvalue weighted by Gasteiger charge is 2.43. The Hall–Kier alpha value is -4.09. The average Bonchev–Trinajstić information content (AvgIpc) is 3.51. The van der Waals surface area contributed by atoms with Gasteiger partial charge in [0.05, 0.1) is 65.0 Å². The van der Waals surface area contributed by atoms with Crippen LogP contribution in [-0.2, 0) is 40.3 Å². The molecular formula is C51H68N2O10S2. The number of carboxylic acids is 1. The molecule has 0 fully saturated rings. The fourth-order valence-corrected chi connectivity index (χ4v) is 9.20. The molecule has 12 nitrogen and oxygen atoms in total. The number of rotatable bonds is 29. The maximum atomic E-state index is 12.0. The summed E-state index contributed by atoms with van der Waals surface area (Å²) in [6, 6.07) is 20.1. The minimum Gasteiger partial charge on any atom is -0.507 e. The summed E-state index contributed by atoms with van der Waals surface area (Å²) in [6.07, 6.45) is 13.0. The molecule has 0 aromatic heterocycles. The number of fused-ring (bicyclic) bond motifs is 2. The maximum Gasteiger partial charge on any atom is 0.303 e. The second kappa shape index (κ2) is 26.3. The topological polar surface area (TPSA) is 151 Å². The molecule has 0 spiro atoms. The molecule has 65 heavy (non-hydrogen) atoms. The summed E-state index contributed by atoms with van der Waals surface area (Å²) in [5, 5.41) is 21.5. The summed E-state index contributed by atoms with van der Waals surface area (Å²) < 4.78 is 47.3. The van der Waals surface area contributed by atoms with Gasteiger partial charge in [0, 0.05) is 89.0 Å². The summed E-state index contributed by atoms with van der Waals surface area (Å²) in [5.41, 5.74) is 7.92. The zero-order valence-corrected chi connectivity index (χ0v) is 40.3. The number of aliphatic carboxylic acids is 1.